The predicted octanol–water partition coefficient (Wildman–Crippen LogP) is 2.37. The Bertz CT molecular complexity index is 318. The summed E-state index contributed by atoms with van der Waals surface area (Å²) in [5.41, 5.74) is 1.18. The van der Waals surface area contributed by atoms with Crippen LogP contribution in [0.2, 0.25) is 0 Å². The summed E-state index contributed by atoms with van der Waals surface area (Å²) in [5.74, 6) is 0. The van der Waals surface area contributed by atoms with Crippen molar-refractivity contribution in [1.82, 2.24) is 0 Å². The molecule has 0 aromatic heterocycles. The molecule has 0 radical (unpaired) electrons. The molecule has 0 saturated heterocycles. The molecule has 0 aliphatic carbocycles. The van der Waals surface area contributed by atoms with Gasteiger partial charge < -0.3 is 0 Å². The first kappa shape index (κ1) is 7.84. The van der Waals surface area contributed by atoms with E-state index in [1.165, 1.54) is 5.56 Å². The van der Waals surface area contributed by atoms with Gasteiger partial charge in [0, 0.05) is 0 Å². The van der Waals surface area contributed by atoms with Crippen LogP contribution in [0.4, 0.5) is 0 Å². The van der Waals surface area contributed by atoms with Crippen molar-refractivity contribution < 1.29 is 18.9 Å². The Morgan fingerprint density at radius 1 is 1.17 bits per heavy atom. The second-order valence-corrected chi connectivity index (χ2v) is 4.36. The normalized spacial score (nSPS) is 26.5. The van der Waals surface area contributed by atoms with E-state index in [2.05, 4.69) is 41.3 Å². The molecule has 3 heteroatoms. The summed E-state index contributed by atoms with van der Waals surface area (Å²) >= 11 is 2.05. The number of nitrogens with zero attached hydrogens (tertiary/aromatic N) is 2. The van der Waals surface area contributed by atoms with E-state index < -0.39 is 0 Å². The van der Waals surface area contributed by atoms with Crippen LogP contribution in [0.25, 0.3) is 0 Å². The third kappa shape index (κ3) is 1.26. The molecular weight excluding hydrogens is 328 g/mol. The third-order valence-electron chi connectivity index (χ3n) is 1.72. The van der Waals surface area contributed by atoms with E-state index in [4.69, 9.17) is 0 Å². The zero-order valence-electron chi connectivity index (χ0n) is 6.27. The SMILES string of the molecule is [Ir][C]1(c2ccccc2)C=CN=N1. The molecule has 2 rings (SSSR count). The second-order valence-electron chi connectivity index (χ2n) is 2.54. The monoisotopic (exact) mass is 336 g/mol. The molecule has 0 bridgehead atoms. The fourth-order valence-corrected chi connectivity index (χ4v) is 1.81. The van der Waals surface area contributed by atoms with Crippen LogP contribution in [0.1, 0.15) is 5.56 Å². The predicted molar refractivity (Wildman–Crippen MR) is 42.1 cm³/mol. The molecule has 0 N–H and O–H groups in total. The maximum absolute atomic E-state index is 4.15. The Morgan fingerprint density at radius 3 is 2.50 bits per heavy atom. The number of hydrogen-bond donors (Lipinski definition) is 0. The van der Waals surface area contributed by atoms with Crippen molar-refractivity contribution >= 4 is 0 Å². The second kappa shape index (κ2) is 2.92. The molecule has 12 heavy (non-hydrogen) atoms. The van der Waals surface area contributed by atoms with Gasteiger partial charge in [0.25, 0.3) is 0 Å². The number of rotatable bonds is 1. The molecule has 1 heterocycles. The molecule has 62 valence electrons. The zero-order chi connectivity index (χ0) is 8.44. The van der Waals surface area contributed by atoms with E-state index in [1.54, 1.807) is 6.20 Å². The fraction of sp³-hybridized carbons (Fsp3) is 0.111. The van der Waals surface area contributed by atoms with Crippen molar-refractivity contribution in [3.8, 4) is 0 Å². The summed E-state index contributed by atoms with van der Waals surface area (Å²) in [7, 11) is 0. The van der Waals surface area contributed by atoms with Gasteiger partial charge in [-0.05, 0) is 0 Å². The zero-order valence-corrected chi connectivity index (χ0v) is 8.66. The molecule has 0 amide bonds. The Labute approximate surface area is 81.6 Å². The van der Waals surface area contributed by atoms with Crippen molar-refractivity contribution in [2.45, 2.75) is 4.05 Å². The molecule has 1 aliphatic rings. The number of benzene rings is 1. The summed E-state index contributed by atoms with van der Waals surface area (Å²) in [4.78, 5) is 0. The van der Waals surface area contributed by atoms with E-state index in [-0.39, 0.29) is 4.05 Å². The first-order chi connectivity index (χ1) is 5.81. The third-order valence-corrected chi connectivity index (χ3v) is 3.05. The van der Waals surface area contributed by atoms with Crippen molar-refractivity contribution in [2.75, 3.05) is 0 Å². The molecule has 1 atom stereocenters. The molecule has 1 aromatic rings. The average molecular weight is 335 g/mol. The van der Waals surface area contributed by atoms with Crippen molar-refractivity contribution in [3.05, 3.63) is 48.2 Å². The average Bonchev–Trinajstić information content (AvgIpc) is 2.55. The molecule has 1 aromatic carbocycles. The summed E-state index contributed by atoms with van der Waals surface area (Å²) < 4.78 is -0.235. The van der Waals surface area contributed by atoms with Crippen molar-refractivity contribution in [2.24, 2.45) is 10.2 Å². The standard InChI is InChI=1S/C9H7N2.Ir/c1-2-4-8(5-3-1)9-6-7-10-11-9;/h1-7H;. The van der Waals surface area contributed by atoms with Gasteiger partial charge in [-0.25, -0.2) is 0 Å². The van der Waals surface area contributed by atoms with Crippen LogP contribution in [0, 0.1) is 0 Å². The van der Waals surface area contributed by atoms with Crippen LogP contribution >= 0.6 is 0 Å². The van der Waals surface area contributed by atoms with Crippen LogP contribution in [0.3, 0.4) is 0 Å². The van der Waals surface area contributed by atoms with Gasteiger partial charge in [-0.3, -0.25) is 0 Å². The van der Waals surface area contributed by atoms with Gasteiger partial charge in [-0.1, -0.05) is 0 Å². The van der Waals surface area contributed by atoms with Gasteiger partial charge in [0.2, 0.25) is 0 Å². The van der Waals surface area contributed by atoms with Crippen LogP contribution in [-0.4, -0.2) is 0 Å². The van der Waals surface area contributed by atoms with Gasteiger partial charge in [0.1, 0.15) is 0 Å². The number of hydrogen-bond acceptors (Lipinski definition) is 2. The summed E-state index contributed by atoms with van der Waals surface area (Å²) in [6, 6.07) is 10.2. The molecule has 0 fully saturated rings. The molecule has 1 aliphatic heterocycles. The molecule has 1 unspecified atom stereocenters. The number of azo groups is 1. The minimum atomic E-state index is -0.235. The maximum atomic E-state index is 4.15. The fourth-order valence-electron chi connectivity index (χ4n) is 1.10. The Kier molecular flexibility index (Phi) is 1.91. The summed E-state index contributed by atoms with van der Waals surface area (Å²) in [5, 5.41) is 8.01. The van der Waals surface area contributed by atoms with Crippen molar-refractivity contribution in [1.29, 1.82) is 0 Å². The van der Waals surface area contributed by atoms with Crippen LogP contribution in [0.5, 0.6) is 0 Å². The summed E-state index contributed by atoms with van der Waals surface area (Å²) in [6.45, 7) is 0. The molecular formula is C9H7IrN2. The minimum absolute atomic E-state index is 0.235. The van der Waals surface area contributed by atoms with Crippen LogP contribution in [0.15, 0.2) is 52.8 Å². The quantitative estimate of drug-likeness (QED) is 0.753. The van der Waals surface area contributed by atoms with Gasteiger partial charge in [0.15, 0.2) is 0 Å². The van der Waals surface area contributed by atoms with E-state index in [9.17, 15) is 0 Å². The van der Waals surface area contributed by atoms with Gasteiger partial charge in [-0.2, -0.15) is 0 Å². The topological polar surface area (TPSA) is 24.7 Å². The molecule has 0 saturated carbocycles. The Morgan fingerprint density at radius 2 is 1.92 bits per heavy atom. The van der Waals surface area contributed by atoms with Gasteiger partial charge >= 0.3 is 81.4 Å². The van der Waals surface area contributed by atoms with E-state index in [1.807, 2.05) is 24.3 Å². The van der Waals surface area contributed by atoms with Crippen LogP contribution < -0.4 is 0 Å². The Balaban J connectivity index is 2.43. The molecule has 2 nitrogen and oxygen atoms in total. The van der Waals surface area contributed by atoms with Crippen molar-refractivity contribution in [3.63, 3.8) is 0 Å². The van der Waals surface area contributed by atoms with E-state index in [0.717, 1.165) is 0 Å². The van der Waals surface area contributed by atoms with E-state index in [0.29, 0.717) is 0 Å². The van der Waals surface area contributed by atoms with Gasteiger partial charge in [-0.15, -0.1) is 0 Å². The summed E-state index contributed by atoms with van der Waals surface area (Å²) in [6.07, 6.45) is 3.75. The van der Waals surface area contributed by atoms with Gasteiger partial charge in [0.05, 0.1) is 0 Å². The Hall–Kier alpha value is -0.791. The van der Waals surface area contributed by atoms with E-state index >= 15 is 0 Å². The first-order valence-electron chi connectivity index (χ1n) is 3.63. The molecule has 0 spiro atoms. The van der Waals surface area contributed by atoms with Crippen LogP contribution in [-0.2, 0) is 23.0 Å². The first-order valence-corrected chi connectivity index (χ1v) is 4.83.